The topological polar surface area (TPSA) is 98.5 Å². The molecule has 2 rings (SSSR count). The van der Waals surface area contributed by atoms with Crippen LogP contribution in [0.2, 0.25) is 0 Å². The Morgan fingerprint density at radius 3 is 2.32 bits per heavy atom. The minimum absolute atomic E-state index is 0.0592. The zero-order valence-corrected chi connectivity index (χ0v) is 10.9. The summed E-state index contributed by atoms with van der Waals surface area (Å²) in [7, 11) is -3.79. The van der Waals surface area contributed by atoms with Crippen molar-refractivity contribution in [3.8, 4) is 0 Å². The van der Waals surface area contributed by atoms with Crippen LogP contribution in [0.1, 0.15) is 25.7 Å². The van der Waals surface area contributed by atoms with Gasteiger partial charge in [-0.05, 0) is 25.0 Å². The smallest absolute Gasteiger partial charge is 0.269 e. The van der Waals surface area contributed by atoms with Gasteiger partial charge >= 0.3 is 0 Å². The summed E-state index contributed by atoms with van der Waals surface area (Å²) in [5.41, 5.74) is -0.157. The largest absolute Gasteiger partial charge is 0.284 e. The van der Waals surface area contributed by atoms with Gasteiger partial charge in [0.25, 0.3) is 15.7 Å². The number of nitro groups is 1. The summed E-state index contributed by atoms with van der Waals surface area (Å²) in [6.07, 6.45) is 3.65. The number of nitro benzene ring substituents is 1. The van der Waals surface area contributed by atoms with Crippen LogP contribution in [0.4, 0.5) is 5.69 Å². The minimum atomic E-state index is -3.79. The third kappa shape index (κ3) is 3.49. The van der Waals surface area contributed by atoms with Crippen molar-refractivity contribution in [1.29, 1.82) is 0 Å². The molecule has 0 radical (unpaired) electrons. The fourth-order valence-corrected chi connectivity index (χ4v) is 2.79. The Morgan fingerprint density at radius 1 is 1.21 bits per heavy atom. The average Bonchev–Trinajstić information content (AvgIpc) is 2.90. The fourth-order valence-electron chi connectivity index (χ4n) is 1.93. The van der Waals surface area contributed by atoms with Crippen molar-refractivity contribution in [1.82, 2.24) is 4.89 Å². The van der Waals surface area contributed by atoms with Gasteiger partial charge in [0.15, 0.2) is 0 Å². The molecule has 1 aliphatic carbocycles. The Morgan fingerprint density at radius 2 is 1.79 bits per heavy atom. The zero-order valence-electron chi connectivity index (χ0n) is 10.1. The molecule has 1 aromatic rings. The molecule has 0 aliphatic heterocycles. The van der Waals surface area contributed by atoms with Crippen LogP contribution >= 0.6 is 0 Å². The molecular weight excluding hydrogens is 272 g/mol. The van der Waals surface area contributed by atoms with Crippen LogP contribution in [0.3, 0.4) is 0 Å². The van der Waals surface area contributed by atoms with Gasteiger partial charge < -0.3 is 0 Å². The number of benzene rings is 1. The van der Waals surface area contributed by atoms with E-state index in [1.165, 1.54) is 12.1 Å². The summed E-state index contributed by atoms with van der Waals surface area (Å²) in [4.78, 5) is 17.0. The Bertz CT molecular complexity index is 549. The second-order valence-corrected chi connectivity index (χ2v) is 6.01. The summed E-state index contributed by atoms with van der Waals surface area (Å²) in [5, 5.41) is 10.5. The molecule has 104 valence electrons. The maximum absolute atomic E-state index is 11.9. The van der Waals surface area contributed by atoms with E-state index in [1.807, 2.05) is 0 Å². The third-order valence-corrected chi connectivity index (χ3v) is 4.19. The van der Waals surface area contributed by atoms with Crippen LogP contribution in [0.25, 0.3) is 0 Å². The third-order valence-electron chi connectivity index (χ3n) is 2.98. The van der Waals surface area contributed by atoms with Gasteiger partial charge in [-0.1, -0.05) is 17.7 Å². The van der Waals surface area contributed by atoms with Gasteiger partial charge in [0.2, 0.25) is 0 Å². The van der Waals surface area contributed by atoms with Gasteiger partial charge in [-0.3, -0.25) is 15.0 Å². The number of hydrogen-bond donors (Lipinski definition) is 1. The molecule has 0 amide bonds. The SMILES string of the molecule is O=[N+]([O-])c1ccc(S(=O)(=O)NOC2CCCC2)cc1. The lowest BCUT2D eigenvalue weighted by molar-refractivity contribution is -0.384. The van der Waals surface area contributed by atoms with Crippen molar-refractivity contribution in [3.05, 3.63) is 34.4 Å². The first-order valence-corrected chi connectivity index (χ1v) is 7.39. The number of hydrogen-bond acceptors (Lipinski definition) is 5. The van der Waals surface area contributed by atoms with E-state index >= 15 is 0 Å². The van der Waals surface area contributed by atoms with Crippen LogP contribution < -0.4 is 4.89 Å². The van der Waals surface area contributed by atoms with Crippen molar-refractivity contribution in [2.45, 2.75) is 36.7 Å². The highest BCUT2D eigenvalue weighted by Crippen LogP contribution is 2.21. The van der Waals surface area contributed by atoms with E-state index in [0.717, 1.165) is 37.8 Å². The summed E-state index contributed by atoms with van der Waals surface area (Å²) < 4.78 is 23.7. The lowest BCUT2D eigenvalue weighted by Gasteiger charge is -2.11. The normalized spacial score (nSPS) is 16.6. The lowest BCUT2D eigenvalue weighted by Crippen LogP contribution is -2.28. The molecule has 1 aliphatic rings. The quantitative estimate of drug-likeness (QED) is 0.656. The van der Waals surface area contributed by atoms with Crippen molar-refractivity contribution in [3.63, 3.8) is 0 Å². The second-order valence-electron chi connectivity index (χ2n) is 4.36. The van der Waals surface area contributed by atoms with E-state index in [-0.39, 0.29) is 16.7 Å². The number of rotatable bonds is 5. The second kappa shape index (κ2) is 5.64. The van der Waals surface area contributed by atoms with Crippen molar-refractivity contribution in [2.75, 3.05) is 0 Å². The van der Waals surface area contributed by atoms with Crippen LogP contribution in [0.15, 0.2) is 29.2 Å². The Hall–Kier alpha value is -1.51. The van der Waals surface area contributed by atoms with Crippen LogP contribution in [0, 0.1) is 10.1 Å². The minimum Gasteiger partial charge on any atom is -0.284 e. The van der Waals surface area contributed by atoms with E-state index < -0.39 is 14.9 Å². The molecule has 1 N–H and O–H groups in total. The summed E-state index contributed by atoms with van der Waals surface area (Å²) in [6.45, 7) is 0. The molecule has 1 fully saturated rings. The molecule has 1 saturated carbocycles. The zero-order chi connectivity index (χ0) is 13.9. The van der Waals surface area contributed by atoms with Crippen molar-refractivity contribution < 1.29 is 18.2 Å². The molecule has 19 heavy (non-hydrogen) atoms. The fraction of sp³-hybridized carbons (Fsp3) is 0.455. The first kappa shape index (κ1) is 13.9. The maximum Gasteiger partial charge on any atom is 0.269 e. The number of non-ortho nitro benzene ring substituents is 1. The summed E-state index contributed by atoms with van der Waals surface area (Å²) in [5.74, 6) is 0. The van der Waals surface area contributed by atoms with Crippen molar-refractivity contribution in [2.24, 2.45) is 0 Å². The predicted octanol–water partition coefficient (Wildman–Crippen LogP) is 1.75. The Labute approximate surface area is 110 Å². The van der Waals surface area contributed by atoms with E-state index in [2.05, 4.69) is 4.89 Å². The molecule has 0 atom stereocenters. The molecular formula is C11H14N2O5S. The molecule has 0 spiro atoms. The van der Waals surface area contributed by atoms with Gasteiger partial charge in [-0.15, -0.1) is 0 Å². The number of nitrogens with zero attached hydrogens (tertiary/aromatic N) is 1. The first-order chi connectivity index (χ1) is 8.99. The van der Waals surface area contributed by atoms with Gasteiger partial charge in [0.05, 0.1) is 15.9 Å². The highest BCUT2D eigenvalue weighted by molar-refractivity contribution is 7.89. The maximum atomic E-state index is 11.9. The van der Waals surface area contributed by atoms with E-state index in [0.29, 0.717) is 0 Å². The van der Waals surface area contributed by atoms with E-state index in [9.17, 15) is 18.5 Å². The van der Waals surface area contributed by atoms with Crippen LogP contribution in [0.5, 0.6) is 0 Å². The van der Waals surface area contributed by atoms with Gasteiger partial charge in [0, 0.05) is 12.1 Å². The Kier molecular flexibility index (Phi) is 4.13. The van der Waals surface area contributed by atoms with Gasteiger partial charge in [-0.25, -0.2) is 8.42 Å². The summed E-state index contributed by atoms with van der Waals surface area (Å²) in [6, 6.07) is 4.64. The molecule has 8 heteroatoms. The standard InChI is InChI=1S/C11H14N2O5S/c14-13(15)9-5-7-11(8-6-9)19(16,17)12-18-10-3-1-2-4-10/h5-8,10,12H,1-4H2. The molecule has 0 aromatic heterocycles. The number of nitrogens with one attached hydrogen (secondary N) is 1. The summed E-state index contributed by atoms with van der Waals surface area (Å²) >= 11 is 0. The first-order valence-electron chi connectivity index (χ1n) is 5.91. The number of sulfonamides is 1. The highest BCUT2D eigenvalue weighted by Gasteiger charge is 2.21. The highest BCUT2D eigenvalue weighted by atomic mass is 32.2. The molecule has 0 heterocycles. The molecule has 0 bridgehead atoms. The van der Waals surface area contributed by atoms with E-state index in [4.69, 9.17) is 4.84 Å². The van der Waals surface area contributed by atoms with Gasteiger partial charge in [-0.2, -0.15) is 0 Å². The predicted molar refractivity (Wildman–Crippen MR) is 66.8 cm³/mol. The molecule has 0 unspecified atom stereocenters. The van der Waals surface area contributed by atoms with Crippen LogP contribution in [-0.2, 0) is 14.9 Å². The molecule has 1 aromatic carbocycles. The lowest BCUT2D eigenvalue weighted by atomic mass is 10.3. The van der Waals surface area contributed by atoms with Crippen molar-refractivity contribution >= 4 is 15.7 Å². The molecule has 0 saturated heterocycles. The monoisotopic (exact) mass is 286 g/mol. The van der Waals surface area contributed by atoms with Gasteiger partial charge in [0.1, 0.15) is 0 Å². The molecule has 7 nitrogen and oxygen atoms in total. The Balaban J connectivity index is 2.03. The van der Waals surface area contributed by atoms with E-state index in [1.54, 1.807) is 0 Å². The van der Waals surface area contributed by atoms with Crippen LogP contribution in [-0.4, -0.2) is 19.4 Å². The average molecular weight is 286 g/mol.